The molecule has 3 aliphatic rings. The normalized spacial score (nSPS) is 18.5. The summed E-state index contributed by atoms with van der Waals surface area (Å²) in [5.74, 6) is -3.87. The number of nitrogens with zero attached hydrogens (tertiary/aromatic N) is 4. The number of hydrogen-bond acceptors (Lipinski definition) is 5. The summed E-state index contributed by atoms with van der Waals surface area (Å²) in [4.78, 5) is 41.2. The lowest BCUT2D eigenvalue weighted by molar-refractivity contribution is -0.160. The van der Waals surface area contributed by atoms with Gasteiger partial charge >= 0.3 is 12.1 Å². The zero-order valence-electron chi connectivity index (χ0n) is 24.1. The lowest BCUT2D eigenvalue weighted by Crippen LogP contribution is -2.41. The number of aromatic nitrogens is 4. The summed E-state index contributed by atoms with van der Waals surface area (Å²) in [5.41, 5.74) is -0.550. The minimum Gasteiger partial charge on any atom is -0.478 e. The third-order valence-corrected chi connectivity index (χ3v) is 9.75. The highest BCUT2D eigenvalue weighted by molar-refractivity contribution is 6.34. The van der Waals surface area contributed by atoms with Gasteiger partial charge < -0.3 is 10.0 Å². The van der Waals surface area contributed by atoms with Crippen molar-refractivity contribution in [1.82, 2.24) is 24.9 Å². The van der Waals surface area contributed by atoms with Crippen LogP contribution < -0.4 is 0 Å². The van der Waals surface area contributed by atoms with Crippen molar-refractivity contribution in [1.29, 1.82) is 0 Å². The van der Waals surface area contributed by atoms with E-state index in [1.807, 2.05) is 0 Å². The molecule has 46 heavy (non-hydrogen) atoms. The molecule has 4 aromatic rings. The number of halogens is 5. The quantitative estimate of drug-likeness (QED) is 0.265. The highest BCUT2D eigenvalue weighted by Crippen LogP contribution is 2.60. The fourth-order valence-corrected chi connectivity index (χ4v) is 7.05. The van der Waals surface area contributed by atoms with Crippen LogP contribution in [-0.4, -0.2) is 60.5 Å². The number of hydrogen-bond donors (Lipinski definition) is 2. The highest BCUT2D eigenvalue weighted by Gasteiger charge is 2.65. The number of alkyl halides is 3. The molecule has 14 heteroatoms. The Morgan fingerprint density at radius 1 is 1.11 bits per heavy atom. The molecule has 2 aliphatic carbocycles. The Bertz CT molecular complexity index is 1930. The van der Waals surface area contributed by atoms with Gasteiger partial charge in [-0.05, 0) is 55.5 Å². The molecule has 1 atom stereocenters. The standard InChI is InChI=1S/C32H26ClF4N5O4/c33-22-3-1-2-21(31(9-10-31)32(35,36)37)26(22)29(44)42-25-13-16(28(43)41-11-8-24-18(15-41)14-38-39-24)4-7-20(25)27(40-42)19-6-5-17(30(45)46)12-23(19)34/h1-3,5-6,12,14,16H,4,7-11,13,15H2,(H,38,39)(H,45,46)/t16-/m0/s1. The van der Waals surface area contributed by atoms with Crippen molar-refractivity contribution in [3.05, 3.63) is 92.6 Å². The Labute approximate surface area is 264 Å². The SMILES string of the molecule is O=C(O)c1ccc(-c2nn(C(=O)c3c(Cl)cccc3C3(C(F)(F)F)CC3)c3c2CC[C@H](C(=O)N2CCc4[nH]ncc4C2)C3)c(F)c1. The van der Waals surface area contributed by atoms with Gasteiger partial charge in [0.25, 0.3) is 5.91 Å². The molecule has 1 aliphatic heterocycles. The molecular weight excluding hydrogens is 630 g/mol. The van der Waals surface area contributed by atoms with Crippen LogP contribution in [0.5, 0.6) is 0 Å². The summed E-state index contributed by atoms with van der Waals surface area (Å²) < 4.78 is 59.1. The Morgan fingerprint density at radius 2 is 1.89 bits per heavy atom. The van der Waals surface area contributed by atoms with E-state index >= 15 is 4.39 Å². The first kappa shape index (κ1) is 30.2. The first-order valence-electron chi connectivity index (χ1n) is 14.7. The van der Waals surface area contributed by atoms with Crippen LogP contribution in [0.25, 0.3) is 11.3 Å². The summed E-state index contributed by atoms with van der Waals surface area (Å²) in [6.45, 7) is 0.825. The predicted octanol–water partition coefficient (Wildman–Crippen LogP) is 5.74. The van der Waals surface area contributed by atoms with Crippen LogP contribution >= 0.6 is 11.6 Å². The number of carboxylic acid groups (broad SMARTS) is 1. The van der Waals surface area contributed by atoms with Crippen LogP contribution in [0.3, 0.4) is 0 Å². The highest BCUT2D eigenvalue weighted by atomic mass is 35.5. The summed E-state index contributed by atoms with van der Waals surface area (Å²) in [5, 5.41) is 20.6. The molecule has 1 saturated carbocycles. The maximum atomic E-state index is 15.4. The Hall–Kier alpha value is -4.52. The molecule has 3 heterocycles. The molecule has 1 fully saturated rings. The van der Waals surface area contributed by atoms with Crippen LogP contribution in [0.1, 0.15) is 68.1 Å². The second-order valence-corrected chi connectivity index (χ2v) is 12.5. The van der Waals surface area contributed by atoms with Gasteiger partial charge in [-0.3, -0.25) is 14.7 Å². The van der Waals surface area contributed by atoms with Gasteiger partial charge in [0.2, 0.25) is 5.91 Å². The van der Waals surface area contributed by atoms with Gasteiger partial charge in [-0.1, -0.05) is 23.7 Å². The van der Waals surface area contributed by atoms with Gasteiger partial charge in [0.05, 0.1) is 39.1 Å². The molecule has 0 spiro atoms. The number of fused-ring (bicyclic) bond motifs is 2. The van der Waals surface area contributed by atoms with Crippen molar-refractivity contribution < 1.29 is 37.1 Å². The monoisotopic (exact) mass is 655 g/mol. The molecule has 2 N–H and O–H groups in total. The number of aromatic carboxylic acids is 1. The zero-order chi connectivity index (χ0) is 32.5. The van der Waals surface area contributed by atoms with E-state index in [1.54, 1.807) is 11.1 Å². The Morgan fingerprint density at radius 3 is 2.59 bits per heavy atom. The molecule has 0 bridgehead atoms. The average Bonchev–Trinajstić information content (AvgIpc) is 3.58. The van der Waals surface area contributed by atoms with E-state index in [0.29, 0.717) is 31.5 Å². The van der Waals surface area contributed by atoms with E-state index in [9.17, 15) is 32.7 Å². The van der Waals surface area contributed by atoms with Crippen LogP contribution in [-0.2, 0) is 36.0 Å². The van der Waals surface area contributed by atoms with E-state index in [1.165, 1.54) is 30.3 Å². The number of carbonyl (C=O) groups is 3. The fraction of sp³-hybridized carbons (Fsp3) is 0.344. The summed E-state index contributed by atoms with van der Waals surface area (Å²) >= 11 is 6.44. The lowest BCUT2D eigenvalue weighted by atomic mass is 9.84. The third kappa shape index (κ3) is 4.79. The van der Waals surface area contributed by atoms with Crippen LogP contribution in [0.15, 0.2) is 42.6 Å². The van der Waals surface area contributed by atoms with Crippen LogP contribution in [0.4, 0.5) is 17.6 Å². The second kappa shape index (κ2) is 10.8. The van der Waals surface area contributed by atoms with Crippen LogP contribution in [0.2, 0.25) is 5.02 Å². The number of carbonyl (C=O) groups excluding carboxylic acids is 2. The molecule has 0 saturated heterocycles. The third-order valence-electron chi connectivity index (χ3n) is 9.43. The van der Waals surface area contributed by atoms with Crippen molar-refractivity contribution in [3.63, 3.8) is 0 Å². The second-order valence-electron chi connectivity index (χ2n) is 12.1. The summed E-state index contributed by atoms with van der Waals surface area (Å²) in [6.07, 6.45) is -2.15. The maximum absolute atomic E-state index is 15.4. The van der Waals surface area contributed by atoms with Crippen molar-refractivity contribution in [2.45, 2.75) is 56.7 Å². The molecule has 7 rings (SSSR count). The first-order chi connectivity index (χ1) is 21.9. The predicted molar refractivity (Wildman–Crippen MR) is 156 cm³/mol. The number of carboxylic acids is 1. The number of H-pyrrole nitrogens is 1. The largest absolute Gasteiger partial charge is 0.478 e. The molecule has 1 amide bonds. The van der Waals surface area contributed by atoms with Gasteiger partial charge in [0, 0.05) is 54.2 Å². The van der Waals surface area contributed by atoms with E-state index < -0.39 is 35.2 Å². The molecule has 2 aromatic carbocycles. The van der Waals surface area contributed by atoms with E-state index in [2.05, 4.69) is 15.3 Å². The number of benzene rings is 2. The molecule has 238 valence electrons. The van der Waals surface area contributed by atoms with Gasteiger partial charge in [-0.25, -0.2) is 9.18 Å². The van der Waals surface area contributed by atoms with E-state index in [4.69, 9.17) is 11.6 Å². The smallest absolute Gasteiger partial charge is 0.398 e. The van der Waals surface area contributed by atoms with Gasteiger partial charge in [-0.2, -0.15) is 28.1 Å². The first-order valence-corrected chi connectivity index (χ1v) is 15.1. The minimum atomic E-state index is -4.63. The van der Waals surface area contributed by atoms with E-state index in [-0.39, 0.29) is 70.3 Å². The topological polar surface area (TPSA) is 121 Å². The minimum absolute atomic E-state index is 0.0285. The van der Waals surface area contributed by atoms with Gasteiger partial charge in [0.15, 0.2) is 0 Å². The van der Waals surface area contributed by atoms with Gasteiger partial charge in [0.1, 0.15) is 5.82 Å². The average molecular weight is 656 g/mol. The number of aromatic amines is 1. The fourth-order valence-electron chi connectivity index (χ4n) is 6.79. The summed E-state index contributed by atoms with van der Waals surface area (Å²) in [7, 11) is 0. The summed E-state index contributed by atoms with van der Waals surface area (Å²) in [6, 6.07) is 7.23. The molecule has 2 aromatic heterocycles. The van der Waals surface area contributed by atoms with Crippen molar-refractivity contribution in [3.8, 4) is 11.3 Å². The Balaban J connectivity index is 1.32. The van der Waals surface area contributed by atoms with Crippen LogP contribution in [0, 0.1) is 11.7 Å². The van der Waals surface area contributed by atoms with Crippen molar-refractivity contribution >= 4 is 29.4 Å². The zero-order valence-corrected chi connectivity index (χ0v) is 24.9. The lowest BCUT2D eigenvalue weighted by Gasteiger charge is -2.32. The number of nitrogens with one attached hydrogen (secondary N) is 1. The molecule has 9 nitrogen and oxygen atoms in total. The maximum Gasteiger partial charge on any atom is 0.398 e. The number of amides is 1. The molecule has 0 unspecified atom stereocenters. The molecular formula is C32H26ClF4N5O4. The Kier molecular flexibility index (Phi) is 7.07. The van der Waals surface area contributed by atoms with E-state index in [0.717, 1.165) is 22.0 Å². The van der Waals surface area contributed by atoms with Crippen molar-refractivity contribution in [2.24, 2.45) is 5.92 Å². The number of rotatable bonds is 5. The van der Waals surface area contributed by atoms with Gasteiger partial charge in [-0.15, -0.1) is 0 Å². The molecule has 0 radical (unpaired) electrons. The van der Waals surface area contributed by atoms with Crippen molar-refractivity contribution in [2.75, 3.05) is 6.54 Å².